The first kappa shape index (κ1) is 16.3. The van der Waals surface area contributed by atoms with Crippen LogP contribution in [-0.2, 0) is 26.6 Å². The van der Waals surface area contributed by atoms with Crippen molar-refractivity contribution in [1.29, 1.82) is 0 Å². The number of rotatable bonds is 4. The van der Waals surface area contributed by atoms with E-state index in [0.717, 1.165) is 0 Å². The molecule has 0 spiro atoms. The average Bonchev–Trinajstić information content (AvgIpc) is 2.80. The number of carbonyl (C=O) groups excluding carboxylic acids is 1. The van der Waals surface area contributed by atoms with Gasteiger partial charge in [0.05, 0.1) is 18.9 Å². The van der Waals surface area contributed by atoms with Crippen LogP contribution in [0.25, 0.3) is 0 Å². The van der Waals surface area contributed by atoms with Gasteiger partial charge in [-0.05, 0) is 19.8 Å². The third kappa shape index (κ3) is 3.22. The van der Waals surface area contributed by atoms with Crippen molar-refractivity contribution in [2.45, 2.75) is 24.8 Å². The predicted molar refractivity (Wildman–Crippen MR) is 76.3 cm³/mol. The number of ether oxygens (including phenoxy) is 1. The molecule has 0 radical (unpaired) electrons. The second-order valence-electron chi connectivity index (χ2n) is 4.91. The van der Waals surface area contributed by atoms with E-state index in [1.165, 1.54) is 15.2 Å². The van der Waals surface area contributed by atoms with Crippen LogP contribution in [0.2, 0.25) is 5.15 Å². The maximum Gasteiger partial charge on any atom is 0.310 e. The van der Waals surface area contributed by atoms with Crippen molar-refractivity contribution >= 4 is 27.6 Å². The average molecular weight is 336 g/mol. The fourth-order valence-corrected chi connectivity index (χ4v) is 4.21. The molecule has 0 aromatic carbocycles. The highest BCUT2D eigenvalue weighted by Crippen LogP contribution is 2.27. The summed E-state index contributed by atoms with van der Waals surface area (Å²) in [5.74, 6) is -0.791. The van der Waals surface area contributed by atoms with E-state index < -0.39 is 15.9 Å². The minimum absolute atomic E-state index is 0.0632. The lowest BCUT2D eigenvalue weighted by atomic mass is 10.0. The fourth-order valence-electron chi connectivity index (χ4n) is 2.30. The van der Waals surface area contributed by atoms with E-state index in [1.807, 2.05) is 0 Å². The van der Waals surface area contributed by atoms with Crippen LogP contribution in [0.5, 0.6) is 0 Å². The number of piperidine rings is 1. The summed E-state index contributed by atoms with van der Waals surface area (Å²) in [6.07, 6.45) is 2.58. The Balaban J connectivity index is 2.21. The van der Waals surface area contributed by atoms with E-state index in [-0.39, 0.29) is 29.3 Å². The molecule has 118 valence electrons. The third-order valence-corrected chi connectivity index (χ3v) is 5.78. The van der Waals surface area contributed by atoms with E-state index >= 15 is 0 Å². The normalized spacial score (nSPS) is 20.4. The number of hydrogen-bond donors (Lipinski definition) is 0. The van der Waals surface area contributed by atoms with Gasteiger partial charge in [0, 0.05) is 20.1 Å². The molecule has 1 fully saturated rings. The lowest BCUT2D eigenvalue weighted by molar-refractivity contribution is -0.149. The van der Waals surface area contributed by atoms with Gasteiger partial charge in [0.2, 0.25) is 5.03 Å². The lowest BCUT2D eigenvalue weighted by Gasteiger charge is -2.30. The molecule has 1 atom stereocenters. The highest BCUT2D eigenvalue weighted by atomic mass is 35.5. The molecule has 0 N–H and O–H groups in total. The van der Waals surface area contributed by atoms with E-state index in [1.54, 1.807) is 14.0 Å². The van der Waals surface area contributed by atoms with E-state index in [4.69, 9.17) is 16.3 Å². The zero-order valence-electron chi connectivity index (χ0n) is 12.0. The minimum Gasteiger partial charge on any atom is -0.466 e. The molecular formula is C12H18ClN3O4S. The topological polar surface area (TPSA) is 81.5 Å². The van der Waals surface area contributed by atoms with Crippen molar-refractivity contribution in [2.24, 2.45) is 13.0 Å². The molecule has 7 nitrogen and oxygen atoms in total. The maximum atomic E-state index is 12.6. The molecule has 0 bridgehead atoms. The van der Waals surface area contributed by atoms with E-state index in [9.17, 15) is 13.2 Å². The molecule has 1 aromatic rings. The van der Waals surface area contributed by atoms with Crippen molar-refractivity contribution in [1.82, 2.24) is 13.9 Å². The van der Waals surface area contributed by atoms with Gasteiger partial charge in [-0.1, -0.05) is 11.6 Å². The molecule has 2 rings (SSSR count). The molecule has 21 heavy (non-hydrogen) atoms. The number of aromatic nitrogens is 2. The van der Waals surface area contributed by atoms with Crippen molar-refractivity contribution in [2.75, 3.05) is 19.7 Å². The molecule has 0 amide bonds. The quantitative estimate of drug-likeness (QED) is 0.768. The van der Waals surface area contributed by atoms with Gasteiger partial charge < -0.3 is 9.30 Å². The number of sulfonamides is 1. The number of aryl methyl sites for hydroxylation is 1. The minimum atomic E-state index is -3.79. The summed E-state index contributed by atoms with van der Waals surface area (Å²) in [5.41, 5.74) is 0. The van der Waals surface area contributed by atoms with Gasteiger partial charge in [0.1, 0.15) is 5.15 Å². The molecule has 0 aliphatic carbocycles. The van der Waals surface area contributed by atoms with Crippen molar-refractivity contribution in [3.8, 4) is 0 Å². The number of hydrogen-bond acceptors (Lipinski definition) is 5. The smallest absolute Gasteiger partial charge is 0.310 e. The predicted octanol–water partition coefficient (Wildman–Crippen LogP) is 1.04. The Kier molecular flexibility index (Phi) is 4.90. The lowest BCUT2D eigenvalue weighted by Crippen LogP contribution is -2.42. The largest absolute Gasteiger partial charge is 0.466 e. The molecule has 2 heterocycles. The SMILES string of the molecule is CCOC(=O)C1CCCN(S(=O)(=O)c2ncn(C)c2Cl)C1. The van der Waals surface area contributed by atoms with Crippen molar-refractivity contribution in [3.63, 3.8) is 0 Å². The van der Waals surface area contributed by atoms with Crippen molar-refractivity contribution < 1.29 is 17.9 Å². The summed E-state index contributed by atoms with van der Waals surface area (Å²) in [7, 11) is -2.17. The summed E-state index contributed by atoms with van der Waals surface area (Å²) < 4.78 is 32.8. The zero-order valence-corrected chi connectivity index (χ0v) is 13.5. The summed E-state index contributed by atoms with van der Waals surface area (Å²) in [6.45, 7) is 2.47. The first-order chi connectivity index (χ1) is 9.87. The van der Waals surface area contributed by atoms with Gasteiger partial charge in [-0.25, -0.2) is 13.4 Å². The first-order valence-electron chi connectivity index (χ1n) is 6.71. The molecule has 0 saturated carbocycles. The van der Waals surface area contributed by atoms with Gasteiger partial charge in [-0.15, -0.1) is 0 Å². The second-order valence-corrected chi connectivity index (χ2v) is 7.12. The highest BCUT2D eigenvalue weighted by Gasteiger charge is 2.36. The van der Waals surface area contributed by atoms with Crippen LogP contribution in [-0.4, -0.2) is 47.9 Å². The highest BCUT2D eigenvalue weighted by molar-refractivity contribution is 7.89. The Labute approximate surface area is 128 Å². The van der Waals surface area contributed by atoms with Crippen LogP contribution in [0.15, 0.2) is 11.4 Å². The summed E-state index contributed by atoms with van der Waals surface area (Å²) >= 11 is 5.96. The summed E-state index contributed by atoms with van der Waals surface area (Å²) in [6, 6.07) is 0. The monoisotopic (exact) mass is 335 g/mol. The van der Waals surface area contributed by atoms with Crippen LogP contribution in [0.1, 0.15) is 19.8 Å². The van der Waals surface area contributed by atoms with E-state index in [0.29, 0.717) is 19.4 Å². The fraction of sp³-hybridized carbons (Fsp3) is 0.667. The molecular weight excluding hydrogens is 318 g/mol. The zero-order chi connectivity index (χ0) is 15.6. The summed E-state index contributed by atoms with van der Waals surface area (Å²) in [5, 5.41) is -0.107. The second kappa shape index (κ2) is 6.33. The first-order valence-corrected chi connectivity index (χ1v) is 8.53. The van der Waals surface area contributed by atoms with Crippen LogP contribution in [0.4, 0.5) is 0 Å². The number of carbonyl (C=O) groups is 1. The van der Waals surface area contributed by atoms with E-state index in [2.05, 4.69) is 4.98 Å². The Morgan fingerprint density at radius 3 is 2.86 bits per heavy atom. The molecule has 9 heteroatoms. The molecule has 1 aliphatic rings. The molecule has 1 saturated heterocycles. The number of nitrogens with zero attached hydrogens (tertiary/aromatic N) is 3. The van der Waals surface area contributed by atoms with Crippen molar-refractivity contribution in [3.05, 3.63) is 11.5 Å². The molecule has 1 aromatic heterocycles. The van der Waals surface area contributed by atoms with Gasteiger partial charge in [0.15, 0.2) is 0 Å². The Bertz CT molecular complexity index is 628. The third-order valence-electron chi connectivity index (χ3n) is 3.42. The Hall–Kier alpha value is -1.12. The van der Waals surface area contributed by atoms with Crippen LogP contribution < -0.4 is 0 Å². The van der Waals surface area contributed by atoms with Gasteiger partial charge in [-0.2, -0.15) is 4.31 Å². The van der Waals surface area contributed by atoms with Gasteiger partial charge >= 0.3 is 5.97 Å². The number of esters is 1. The maximum absolute atomic E-state index is 12.6. The summed E-state index contributed by atoms with van der Waals surface area (Å²) in [4.78, 5) is 15.6. The Morgan fingerprint density at radius 2 is 2.29 bits per heavy atom. The van der Waals surface area contributed by atoms with Crippen LogP contribution in [0.3, 0.4) is 0 Å². The Morgan fingerprint density at radius 1 is 1.57 bits per heavy atom. The van der Waals surface area contributed by atoms with Crippen LogP contribution >= 0.6 is 11.6 Å². The van der Waals surface area contributed by atoms with Gasteiger partial charge in [-0.3, -0.25) is 4.79 Å². The van der Waals surface area contributed by atoms with Gasteiger partial charge in [0.25, 0.3) is 10.0 Å². The molecule has 1 aliphatic heterocycles. The van der Waals surface area contributed by atoms with Crippen LogP contribution in [0, 0.1) is 5.92 Å². The molecule has 1 unspecified atom stereocenters. The standard InChI is InChI=1S/C12H18ClN3O4S/c1-3-20-12(17)9-5-4-6-16(7-9)21(18,19)11-10(13)15(2)8-14-11/h8-9H,3-7H2,1-2H3. The number of imidazole rings is 1. The number of halogens is 1.